The molecule has 4 nitrogen and oxygen atoms in total. The van der Waals surface area contributed by atoms with Crippen LogP contribution in [-0.4, -0.2) is 23.5 Å². The summed E-state index contributed by atoms with van der Waals surface area (Å²) in [6, 6.07) is 0. The molecule has 0 aromatic rings. The van der Waals surface area contributed by atoms with Crippen molar-refractivity contribution in [3.05, 3.63) is 12.2 Å². The van der Waals surface area contributed by atoms with Crippen LogP contribution in [0.3, 0.4) is 0 Å². The summed E-state index contributed by atoms with van der Waals surface area (Å²) in [7, 11) is 0. The van der Waals surface area contributed by atoms with E-state index >= 15 is 0 Å². The number of amides is 1. The van der Waals surface area contributed by atoms with Crippen LogP contribution in [0.25, 0.3) is 0 Å². The van der Waals surface area contributed by atoms with E-state index in [-0.39, 0.29) is 11.8 Å². The Kier molecular flexibility index (Phi) is 2.47. The molecule has 0 spiro atoms. The number of allylic oxidation sites excluding steroid dienone is 1. The highest BCUT2D eigenvalue weighted by atomic mass is 16.4. The molecule has 1 aliphatic rings. The van der Waals surface area contributed by atoms with Crippen LogP contribution in [0.5, 0.6) is 0 Å². The van der Waals surface area contributed by atoms with E-state index < -0.39 is 11.9 Å². The third-order valence-corrected chi connectivity index (χ3v) is 1.93. The Labute approximate surface area is 70.3 Å². The van der Waals surface area contributed by atoms with Crippen LogP contribution in [0.1, 0.15) is 6.92 Å². The SMILES string of the molecule is C/C=C/C1CNC(=O)C1C(=O)O. The second-order valence-corrected chi connectivity index (χ2v) is 2.75. The Balaban J connectivity index is 2.77. The van der Waals surface area contributed by atoms with E-state index in [9.17, 15) is 9.59 Å². The number of hydrogen-bond acceptors (Lipinski definition) is 2. The maximum absolute atomic E-state index is 11.0. The van der Waals surface area contributed by atoms with Gasteiger partial charge < -0.3 is 10.4 Å². The highest BCUT2D eigenvalue weighted by Crippen LogP contribution is 2.19. The molecule has 4 heteroatoms. The van der Waals surface area contributed by atoms with Crippen LogP contribution in [0.15, 0.2) is 12.2 Å². The topological polar surface area (TPSA) is 66.4 Å². The lowest BCUT2D eigenvalue weighted by Gasteiger charge is -2.06. The minimum Gasteiger partial charge on any atom is -0.481 e. The molecule has 0 radical (unpaired) electrons. The maximum atomic E-state index is 11.0. The standard InChI is InChI=1S/C8H11NO3/c1-2-3-5-4-9-7(10)6(5)8(11)12/h2-3,5-6H,4H2,1H3,(H,9,10)(H,11,12)/b3-2+. The zero-order chi connectivity index (χ0) is 9.14. The smallest absolute Gasteiger partial charge is 0.316 e. The number of carboxylic acid groups (broad SMARTS) is 1. The van der Waals surface area contributed by atoms with E-state index in [1.165, 1.54) is 0 Å². The van der Waals surface area contributed by atoms with E-state index in [4.69, 9.17) is 5.11 Å². The van der Waals surface area contributed by atoms with Gasteiger partial charge in [-0.05, 0) is 6.92 Å². The van der Waals surface area contributed by atoms with E-state index in [1.807, 2.05) is 6.92 Å². The van der Waals surface area contributed by atoms with E-state index in [0.29, 0.717) is 6.54 Å². The van der Waals surface area contributed by atoms with Gasteiger partial charge in [-0.3, -0.25) is 9.59 Å². The number of aliphatic carboxylic acids is 1. The van der Waals surface area contributed by atoms with E-state index in [1.54, 1.807) is 12.2 Å². The first-order valence-corrected chi connectivity index (χ1v) is 3.80. The highest BCUT2D eigenvalue weighted by Gasteiger charge is 2.38. The molecule has 1 rings (SSSR count). The molecule has 1 aliphatic heterocycles. The normalized spacial score (nSPS) is 29.2. The first-order valence-electron chi connectivity index (χ1n) is 3.80. The third-order valence-electron chi connectivity index (χ3n) is 1.93. The summed E-state index contributed by atoms with van der Waals surface area (Å²) < 4.78 is 0. The van der Waals surface area contributed by atoms with E-state index in [2.05, 4.69) is 5.32 Å². The largest absolute Gasteiger partial charge is 0.481 e. The van der Waals surface area contributed by atoms with Crippen molar-refractivity contribution in [3.63, 3.8) is 0 Å². The average molecular weight is 169 g/mol. The van der Waals surface area contributed by atoms with Crippen LogP contribution in [0.4, 0.5) is 0 Å². The fraction of sp³-hybridized carbons (Fsp3) is 0.500. The second kappa shape index (κ2) is 3.38. The van der Waals surface area contributed by atoms with Crippen LogP contribution in [-0.2, 0) is 9.59 Å². The summed E-state index contributed by atoms with van der Waals surface area (Å²) in [5.41, 5.74) is 0. The first kappa shape index (κ1) is 8.77. The van der Waals surface area contributed by atoms with Gasteiger partial charge in [0.15, 0.2) is 0 Å². The van der Waals surface area contributed by atoms with Gasteiger partial charge in [-0.2, -0.15) is 0 Å². The molecule has 1 fully saturated rings. The third kappa shape index (κ3) is 1.47. The number of carboxylic acids is 1. The number of rotatable bonds is 2. The minimum absolute atomic E-state index is 0.194. The zero-order valence-electron chi connectivity index (χ0n) is 6.78. The second-order valence-electron chi connectivity index (χ2n) is 2.75. The summed E-state index contributed by atoms with van der Waals surface area (Å²) in [4.78, 5) is 21.6. The van der Waals surface area contributed by atoms with Crippen molar-refractivity contribution < 1.29 is 14.7 Å². The zero-order valence-corrected chi connectivity index (χ0v) is 6.78. The van der Waals surface area contributed by atoms with Crippen molar-refractivity contribution in [2.24, 2.45) is 11.8 Å². The molecular weight excluding hydrogens is 158 g/mol. The lowest BCUT2D eigenvalue weighted by molar-refractivity contribution is -0.146. The van der Waals surface area contributed by atoms with Crippen LogP contribution < -0.4 is 5.32 Å². The molecule has 66 valence electrons. The molecule has 12 heavy (non-hydrogen) atoms. The lowest BCUT2D eigenvalue weighted by Crippen LogP contribution is -2.26. The van der Waals surface area contributed by atoms with Crippen molar-refractivity contribution >= 4 is 11.9 Å². The van der Waals surface area contributed by atoms with Crippen molar-refractivity contribution in [2.75, 3.05) is 6.54 Å². The van der Waals surface area contributed by atoms with Crippen molar-refractivity contribution in [2.45, 2.75) is 6.92 Å². The van der Waals surface area contributed by atoms with Crippen LogP contribution in [0.2, 0.25) is 0 Å². The maximum Gasteiger partial charge on any atom is 0.316 e. The Hall–Kier alpha value is -1.32. The van der Waals surface area contributed by atoms with Gasteiger partial charge >= 0.3 is 5.97 Å². The van der Waals surface area contributed by atoms with E-state index in [0.717, 1.165) is 0 Å². The quantitative estimate of drug-likeness (QED) is 0.452. The molecule has 1 heterocycles. The summed E-state index contributed by atoms with van der Waals surface area (Å²) in [5.74, 6) is -2.53. The Bertz CT molecular complexity index is 234. The molecule has 0 aromatic heterocycles. The van der Waals surface area contributed by atoms with Gasteiger partial charge in [0.05, 0.1) is 0 Å². The predicted octanol–water partition coefficient (Wildman–Crippen LogP) is 0.00930. The molecule has 0 bridgehead atoms. The minimum atomic E-state index is -1.05. The number of nitrogens with one attached hydrogen (secondary N) is 1. The molecule has 1 amide bonds. The average Bonchev–Trinajstić information content (AvgIpc) is 2.32. The summed E-state index contributed by atoms with van der Waals surface area (Å²) >= 11 is 0. The van der Waals surface area contributed by atoms with Gasteiger partial charge in [0.2, 0.25) is 5.91 Å². The number of carbonyl (C=O) groups excluding carboxylic acids is 1. The molecule has 0 aliphatic carbocycles. The Morgan fingerprint density at radius 1 is 1.75 bits per heavy atom. The molecule has 0 saturated carbocycles. The van der Waals surface area contributed by atoms with Gasteiger partial charge in [-0.1, -0.05) is 12.2 Å². The van der Waals surface area contributed by atoms with Crippen LogP contribution >= 0.6 is 0 Å². The number of hydrogen-bond donors (Lipinski definition) is 2. The summed E-state index contributed by atoms with van der Waals surface area (Å²) in [5, 5.41) is 11.2. The van der Waals surface area contributed by atoms with Gasteiger partial charge in [-0.15, -0.1) is 0 Å². The van der Waals surface area contributed by atoms with Crippen LogP contribution in [0, 0.1) is 11.8 Å². The summed E-state index contributed by atoms with van der Waals surface area (Å²) in [6.45, 7) is 2.24. The first-order chi connectivity index (χ1) is 5.66. The molecular formula is C8H11NO3. The lowest BCUT2D eigenvalue weighted by atomic mass is 9.95. The van der Waals surface area contributed by atoms with Crippen molar-refractivity contribution in [1.29, 1.82) is 0 Å². The van der Waals surface area contributed by atoms with Gasteiger partial charge in [0, 0.05) is 12.5 Å². The van der Waals surface area contributed by atoms with Gasteiger partial charge in [0.1, 0.15) is 5.92 Å². The van der Waals surface area contributed by atoms with Crippen molar-refractivity contribution in [3.8, 4) is 0 Å². The molecule has 1 saturated heterocycles. The fourth-order valence-electron chi connectivity index (χ4n) is 1.36. The molecule has 2 unspecified atom stereocenters. The monoisotopic (exact) mass is 169 g/mol. The van der Waals surface area contributed by atoms with Gasteiger partial charge in [-0.25, -0.2) is 0 Å². The molecule has 0 aromatic carbocycles. The van der Waals surface area contributed by atoms with Gasteiger partial charge in [0.25, 0.3) is 0 Å². The Morgan fingerprint density at radius 3 is 2.92 bits per heavy atom. The molecule has 2 atom stereocenters. The highest BCUT2D eigenvalue weighted by molar-refractivity contribution is 5.99. The fourth-order valence-corrected chi connectivity index (χ4v) is 1.36. The molecule has 2 N–H and O–H groups in total. The summed E-state index contributed by atoms with van der Waals surface area (Å²) in [6.07, 6.45) is 3.51. The number of carbonyl (C=O) groups is 2. The van der Waals surface area contributed by atoms with Crippen molar-refractivity contribution in [1.82, 2.24) is 5.32 Å². The predicted molar refractivity (Wildman–Crippen MR) is 42.4 cm³/mol. The Morgan fingerprint density at radius 2 is 2.42 bits per heavy atom.